The molecule has 2 aliphatic heterocycles. The summed E-state index contributed by atoms with van der Waals surface area (Å²) in [6.07, 6.45) is 0.124. The number of fused-ring (bicyclic) bond motifs is 2. The largest absolute Gasteiger partial charge is 0.480 e. The molecule has 0 aromatic carbocycles. The monoisotopic (exact) mass is 187 g/mol. The van der Waals surface area contributed by atoms with Crippen LogP contribution in [0.3, 0.4) is 0 Å². The Bertz CT molecular complexity index is 196. The molecule has 5 heteroatoms. The maximum atomic E-state index is 10.5. The minimum atomic E-state index is -0.777. The van der Waals surface area contributed by atoms with Crippen molar-refractivity contribution in [1.29, 1.82) is 0 Å². The van der Waals surface area contributed by atoms with E-state index in [9.17, 15) is 4.79 Å². The van der Waals surface area contributed by atoms with Crippen LogP contribution in [0.5, 0.6) is 0 Å². The van der Waals surface area contributed by atoms with Crippen LogP contribution < -0.4 is 0 Å². The van der Waals surface area contributed by atoms with Crippen LogP contribution >= 0.6 is 0 Å². The summed E-state index contributed by atoms with van der Waals surface area (Å²) in [4.78, 5) is 12.4. The summed E-state index contributed by atoms with van der Waals surface area (Å²) in [5.41, 5.74) is 0. The predicted octanol–water partition coefficient (Wildman–Crippen LogP) is -0.829. The summed E-state index contributed by atoms with van der Waals surface area (Å²) in [5.74, 6) is -0.777. The minimum absolute atomic E-state index is 0.0619. The van der Waals surface area contributed by atoms with Gasteiger partial charge in [0.05, 0.1) is 32.0 Å². The van der Waals surface area contributed by atoms with Gasteiger partial charge in [-0.1, -0.05) is 0 Å². The zero-order chi connectivity index (χ0) is 9.26. The van der Waals surface area contributed by atoms with Gasteiger partial charge in [0.2, 0.25) is 0 Å². The Balaban J connectivity index is 1.90. The molecule has 2 heterocycles. The first kappa shape index (κ1) is 8.93. The first-order valence-corrected chi connectivity index (χ1v) is 4.41. The fraction of sp³-hybridized carbons (Fsp3) is 0.875. The Labute approximate surface area is 76.2 Å². The van der Waals surface area contributed by atoms with Gasteiger partial charge in [-0.2, -0.15) is 0 Å². The molecular formula is C8H13NO4. The van der Waals surface area contributed by atoms with E-state index >= 15 is 0 Å². The summed E-state index contributed by atoms with van der Waals surface area (Å²) in [5, 5.41) is 8.62. The lowest BCUT2D eigenvalue weighted by atomic mass is 10.2. The summed E-state index contributed by atoms with van der Waals surface area (Å²) in [7, 11) is 0. The Hall–Kier alpha value is -0.650. The first-order valence-electron chi connectivity index (χ1n) is 4.41. The highest BCUT2D eigenvalue weighted by Gasteiger charge is 2.32. The van der Waals surface area contributed by atoms with Crippen molar-refractivity contribution >= 4 is 5.97 Å². The molecule has 0 radical (unpaired) electrons. The molecule has 0 aromatic heterocycles. The van der Waals surface area contributed by atoms with Crippen LogP contribution in [0.25, 0.3) is 0 Å². The molecule has 0 amide bonds. The van der Waals surface area contributed by atoms with Gasteiger partial charge in [-0.25, -0.2) is 0 Å². The molecule has 13 heavy (non-hydrogen) atoms. The van der Waals surface area contributed by atoms with E-state index in [0.717, 1.165) is 0 Å². The third kappa shape index (κ3) is 2.18. The van der Waals surface area contributed by atoms with Gasteiger partial charge < -0.3 is 14.6 Å². The smallest absolute Gasteiger partial charge is 0.317 e. The van der Waals surface area contributed by atoms with Crippen molar-refractivity contribution in [3.63, 3.8) is 0 Å². The Morgan fingerprint density at radius 1 is 1.38 bits per heavy atom. The number of hydrogen-bond donors (Lipinski definition) is 1. The van der Waals surface area contributed by atoms with Crippen molar-refractivity contribution in [3.05, 3.63) is 0 Å². The topological polar surface area (TPSA) is 59.0 Å². The lowest BCUT2D eigenvalue weighted by molar-refractivity contribution is -0.181. The van der Waals surface area contributed by atoms with E-state index in [4.69, 9.17) is 14.6 Å². The van der Waals surface area contributed by atoms with Crippen molar-refractivity contribution in [1.82, 2.24) is 4.90 Å². The van der Waals surface area contributed by atoms with Gasteiger partial charge >= 0.3 is 5.97 Å². The van der Waals surface area contributed by atoms with Gasteiger partial charge in [-0.3, -0.25) is 9.69 Å². The number of nitrogens with zero attached hydrogens (tertiary/aromatic N) is 1. The van der Waals surface area contributed by atoms with Crippen LogP contribution in [0.1, 0.15) is 0 Å². The Morgan fingerprint density at radius 2 is 2.00 bits per heavy atom. The summed E-state index contributed by atoms with van der Waals surface area (Å²) < 4.78 is 10.9. The molecule has 2 atom stereocenters. The highest BCUT2D eigenvalue weighted by molar-refractivity contribution is 5.69. The predicted molar refractivity (Wildman–Crippen MR) is 43.6 cm³/mol. The van der Waals surface area contributed by atoms with Crippen LogP contribution in [0.2, 0.25) is 0 Å². The number of ether oxygens (including phenoxy) is 2. The van der Waals surface area contributed by atoms with Crippen molar-refractivity contribution in [2.24, 2.45) is 0 Å². The number of morpholine rings is 1. The summed E-state index contributed by atoms with van der Waals surface area (Å²) in [6.45, 7) is 2.63. The van der Waals surface area contributed by atoms with E-state index in [-0.39, 0.29) is 18.8 Å². The normalized spacial score (nSPS) is 34.5. The van der Waals surface area contributed by atoms with Gasteiger partial charge in [0.25, 0.3) is 0 Å². The molecule has 0 aromatic rings. The second-order valence-corrected chi connectivity index (χ2v) is 3.51. The number of aliphatic carboxylic acids is 1. The van der Waals surface area contributed by atoms with E-state index in [1.807, 2.05) is 4.90 Å². The first-order chi connectivity index (χ1) is 6.24. The lowest BCUT2D eigenvalue weighted by Gasteiger charge is -2.40. The molecule has 2 unspecified atom stereocenters. The zero-order valence-electron chi connectivity index (χ0n) is 7.31. The van der Waals surface area contributed by atoms with Crippen molar-refractivity contribution < 1.29 is 19.4 Å². The highest BCUT2D eigenvalue weighted by Crippen LogP contribution is 2.16. The summed E-state index contributed by atoms with van der Waals surface area (Å²) >= 11 is 0. The molecule has 2 fully saturated rings. The standard InChI is InChI=1S/C8H13NO4/c10-8(11)3-9-1-6-4-12-5-7(2-9)13-6/h6-7H,1-5H2,(H,10,11). The summed E-state index contributed by atoms with van der Waals surface area (Å²) in [6, 6.07) is 0. The van der Waals surface area contributed by atoms with E-state index in [1.54, 1.807) is 0 Å². The second-order valence-electron chi connectivity index (χ2n) is 3.51. The van der Waals surface area contributed by atoms with Crippen LogP contribution in [-0.2, 0) is 14.3 Å². The second kappa shape index (κ2) is 3.61. The van der Waals surface area contributed by atoms with Crippen molar-refractivity contribution in [2.45, 2.75) is 12.2 Å². The van der Waals surface area contributed by atoms with Gasteiger partial charge in [0, 0.05) is 13.1 Å². The molecule has 2 aliphatic rings. The Kier molecular flexibility index (Phi) is 2.48. The number of carboxylic acids is 1. The average molecular weight is 187 g/mol. The van der Waals surface area contributed by atoms with Gasteiger partial charge in [0.1, 0.15) is 0 Å². The van der Waals surface area contributed by atoms with Crippen LogP contribution in [0.15, 0.2) is 0 Å². The van der Waals surface area contributed by atoms with Crippen LogP contribution in [-0.4, -0.2) is 61.0 Å². The maximum absolute atomic E-state index is 10.5. The van der Waals surface area contributed by atoms with Crippen molar-refractivity contribution in [3.8, 4) is 0 Å². The van der Waals surface area contributed by atoms with E-state index in [2.05, 4.69) is 0 Å². The molecule has 2 bridgehead atoms. The molecule has 0 saturated carbocycles. The quantitative estimate of drug-likeness (QED) is 0.611. The number of rotatable bonds is 2. The van der Waals surface area contributed by atoms with E-state index < -0.39 is 5.97 Å². The molecule has 0 aliphatic carbocycles. The molecule has 1 N–H and O–H groups in total. The molecule has 0 spiro atoms. The molecular weight excluding hydrogens is 174 g/mol. The fourth-order valence-electron chi connectivity index (χ4n) is 1.84. The number of hydrogen-bond acceptors (Lipinski definition) is 4. The number of carbonyl (C=O) groups is 1. The van der Waals surface area contributed by atoms with E-state index in [1.165, 1.54) is 0 Å². The van der Waals surface area contributed by atoms with E-state index in [0.29, 0.717) is 26.3 Å². The molecule has 74 valence electrons. The third-order valence-electron chi connectivity index (χ3n) is 2.27. The molecule has 5 nitrogen and oxygen atoms in total. The van der Waals surface area contributed by atoms with Crippen LogP contribution in [0, 0.1) is 0 Å². The van der Waals surface area contributed by atoms with Crippen molar-refractivity contribution in [2.75, 3.05) is 32.8 Å². The number of carboxylic acid groups (broad SMARTS) is 1. The maximum Gasteiger partial charge on any atom is 0.317 e. The fourth-order valence-corrected chi connectivity index (χ4v) is 1.84. The molecule has 2 saturated heterocycles. The zero-order valence-corrected chi connectivity index (χ0v) is 7.31. The third-order valence-corrected chi connectivity index (χ3v) is 2.27. The average Bonchev–Trinajstić information content (AvgIpc) is 2.01. The SMILES string of the molecule is O=C(O)CN1CC2COCC(C1)O2. The lowest BCUT2D eigenvalue weighted by Crippen LogP contribution is -2.55. The van der Waals surface area contributed by atoms with Gasteiger partial charge in [-0.05, 0) is 0 Å². The van der Waals surface area contributed by atoms with Gasteiger partial charge in [0.15, 0.2) is 0 Å². The minimum Gasteiger partial charge on any atom is -0.480 e. The Morgan fingerprint density at radius 3 is 2.54 bits per heavy atom. The highest BCUT2D eigenvalue weighted by atomic mass is 16.6. The van der Waals surface area contributed by atoms with Gasteiger partial charge in [-0.15, -0.1) is 0 Å². The van der Waals surface area contributed by atoms with Crippen LogP contribution in [0.4, 0.5) is 0 Å². The molecule has 2 rings (SSSR count).